The van der Waals surface area contributed by atoms with Crippen LogP contribution in [-0.4, -0.2) is 34.4 Å². The third-order valence-corrected chi connectivity index (χ3v) is 4.66. The summed E-state index contributed by atoms with van der Waals surface area (Å²) in [5.74, 6) is 2.16. The first kappa shape index (κ1) is 14.6. The van der Waals surface area contributed by atoms with Gasteiger partial charge in [-0.3, -0.25) is 4.90 Å². The molecule has 1 aromatic heterocycles. The second kappa shape index (κ2) is 6.62. The fourth-order valence-electron chi connectivity index (χ4n) is 2.80. The van der Waals surface area contributed by atoms with Crippen LogP contribution in [0.15, 0.2) is 33.7 Å². The topological polar surface area (TPSA) is 42.2 Å². The molecule has 0 bridgehead atoms. The summed E-state index contributed by atoms with van der Waals surface area (Å²) in [6.07, 6.45) is 4.66. The van der Waals surface area contributed by atoms with Crippen molar-refractivity contribution in [3.63, 3.8) is 0 Å². The highest BCUT2D eigenvalue weighted by Gasteiger charge is 2.19. The highest BCUT2D eigenvalue weighted by atomic mass is 32.2. The highest BCUT2D eigenvalue weighted by Crippen LogP contribution is 2.22. The van der Waals surface area contributed by atoms with E-state index in [0.29, 0.717) is 11.7 Å². The molecule has 0 unspecified atom stereocenters. The molecule has 112 valence electrons. The summed E-state index contributed by atoms with van der Waals surface area (Å²) in [6, 6.07) is 8.26. The molecular weight excluding hydrogens is 282 g/mol. The van der Waals surface area contributed by atoms with Gasteiger partial charge >= 0.3 is 0 Å². The van der Waals surface area contributed by atoms with Crippen molar-refractivity contribution in [2.75, 3.05) is 19.3 Å². The molecule has 0 aliphatic carbocycles. The second-order valence-electron chi connectivity index (χ2n) is 5.72. The van der Waals surface area contributed by atoms with E-state index >= 15 is 0 Å². The zero-order valence-electron chi connectivity index (χ0n) is 12.6. The van der Waals surface area contributed by atoms with E-state index in [1.165, 1.54) is 17.7 Å². The standard InChI is InChI=1S/C16H21N3OS/c1-12-4-3-9-19(10-12)11-15-17-16(18-20-15)13-5-7-14(21-2)8-6-13/h5-8,12H,3-4,9-11H2,1-2H3/t12-/m1/s1. The number of benzene rings is 1. The maximum absolute atomic E-state index is 5.41. The lowest BCUT2D eigenvalue weighted by molar-refractivity contribution is 0.157. The van der Waals surface area contributed by atoms with Crippen molar-refractivity contribution < 1.29 is 4.52 Å². The summed E-state index contributed by atoms with van der Waals surface area (Å²) in [7, 11) is 0. The van der Waals surface area contributed by atoms with Crippen LogP contribution in [0.4, 0.5) is 0 Å². The summed E-state index contributed by atoms with van der Waals surface area (Å²) in [6.45, 7) is 5.32. The number of rotatable bonds is 4. The molecule has 2 heterocycles. The number of thioether (sulfide) groups is 1. The van der Waals surface area contributed by atoms with E-state index in [0.717, 1.165) is 31.1 Å². The number of likely N-dealkylation sites (tertiary alicyclic amines) is 1. The van der Waals surface area contributed by atoms with Gasteiger partial charge in [0.15, 0.2) is 0 Å². The molecule has 5 heteroatoms. The summed E-state index contributed by atoms with van der Waals surface area (Å²) in [4.78, 5) is 8.17. The van der Waals surface area contributed by atoms with E-state index in [1.54, 1.807) is 11.8 Å². The minimum atomic E-state index is 0.683. The van der Waals surface area contributed by atoms with E-state index < -0.39 is 0 Å². The third-order valence-electron chi connectivity index (χ3n) is 3.92. The van der Waals surface area contributed by atoms with Gasteiger partial charge in [0.25, 0.3) is 0 Å². The Hall–Kier alpha value is -1.33. The van der Waals surface area contributed by atoms with E-state index in [9.17, 15) is 0 Å². The van der Waals surface area contributed by atoms with E-state index in [2.05, 4.69) is 40.4 Å². The third kappa shape index (κ3) is 3.66. The molecule has 1 saturated heterocycles. The van der Waals surface area contributed by atoms with Crippen LogP contribution < -0.4 is 0 Å². The molecular formula is C16H21N3OS. The van der Waals surface area contributed by atoms with Crippen LogP contribution >= 0.6 is 11.8 Å². The number of hydrogen-bond acceptors (Lipinski definition) is 5. The second-order valence-corrected chi connectivity index (χ2v) is 6.60. The Morgan fingerprint density at radius 1 is 1.33 bits per heavy atom. The fraction of sp³-hybridized carbons (Fsp3) is 0.500. The molecule has 1 aliphatic rings. The minimum absolute atomic E-state index is 0.683. The quantitative estimate of drug-likeness (QED) is 0.806. The van der Waals surface area contributed by atoms with E-state index in [1.807, 2.05) is 12.1 Å². The van der Waals surface area contributed by atoms with Crippen LogP contribution in [0.3, 0.4) is 0 Å². The first-order valence-electron chi connectivity index (χ1n) is 7.44. The average molecular weight is 303 g/mol. The summed E-state index contributed by atoms with van der Waals surface area (Å²) >= 11 is 1.73. The summed E-state index contributed by atoms with van der Waals surface area (Å²) < 4.78 is 5.41. The molecule has 0 spiro atoms. The van der Waals surface area contributed by atoms with Crippen LogP contribution in [0, 0.1) is 5.92 Å². The van der Waals surface area contributed by atoms with Crippen LogP contribution in [0.2, 0.25) is 0 Å². The Labute approximate surface area is 129 Å². The van der Waals surface area contributed by atoms with Gasteiger partial charge in [-0.15, -0.1) is 11.8 Å². The largest absolute Gasteiger partial charge is 0.338 e. The van der Waals surface area contributed by atoms with E-state index in [-0.39, 0.29) is 0 Å². The SMILES string of the molecule is CSc1ccc(-c2noc(CN3CCC[C@@H](C)C3)n2)cc1. The molecule has 21 heavy (non-hydrogen) atoms. The number of hydrogen-bond donors (Lipinski definition) is 0. The molecule has 3 rings (SSSR count). The predicted molar refractivity (Wildman–Crippen MR) is 85.2 cm³/mol. The minimum Gasteiger partial charge on any atom is -0.338 e. The predicted octanol–water partition coefficient (Wildman–Crippen LogP) is 3.69. The monoisotopic (exact) mass is 303 g/mol. The Bertz CT molecular complexity index is 581. The van der Waals surface area contributed by atoms with Crippen molar-refractivity contribution in [2.45, 2.75) is 31.2 Å². The lowest BCUT2D eigenvalue weighted by atomic mass is 10.0. The van der Waals surface area contributed by atoms with Crippen LogP contribution in [-0.2, 0) is 6.54 Å². The molecule has 2 aromatic rings. The van der Waals surface area contributed by atoms with Gasteiger partial charge in [0.2, 0.25) is 11.7 Å². The lowest BCUT2D eigenvalue weighted by Gasteiger charge is -2.29. The van der Waals surface area contributed by atoms with E-state index in [4.69, 9.17) is 4.52 Å². The Kier molecular flexibility index (Phi) is 4.60. The normalized spacial score (nSPS) is 19.8. The van der Waals surface area contributed by atoms with Crippen molar-refractivity contribution in [1.29, 1.82) is 0 Å². The van der Waals surface area contributed by atoms with Gasteiger partial charge in [-0.05, 0) is 55.8 Å². The fourth-order valence-corrected chi connectivity index (χ4v) is 3.21. The van der Waals surface area contributed by atoms with Crippen LogP contribution in [0.1, 0.15) is 25.7 Å². The number of piperidine rings is 1. The van der Waals surface area contributed by atoms with Gasteiger partial charge in [-0.1, -0.05) is 12.1 Å². The van der Waals surface area contributed by atoms with Gasteiger partial charge in [-0.2, -0.15) is 4.98 Å². The van der Waals surface area contributed by atoms with Crippen molar-refractivity contribution >= 4 is 11.8 Å². The molecule has 0 N–H and O–H groups in total. The van der Waals surface area contributed by atoms with Gasteiger partial charge in [0, 0.05) is 17.0 Å². The average Bonchev–Trinajstić information content (AvgIpc) is 2.96. The van der Waals surface area contributed by atoms with Crippen molar-refractivity contribution in [3.8, 4) is 11.4 Å². The molecule has 1 aromatic carbocycles. The molecule has 1 atom stereocenters. The van der Waals surface area contributed by atoms with Gasteiger partial charge in [0.1, 0.15) is 0 Å². The Morgan fingerprint density at radius 3 is 2.86 bits per heavy atom. The van der Waals surface area contributed by atoms with Crippen molar-refractivity contribution in [2.24, 2.45) is 5.92 Å². The highest BCUT2D eigenvalue weighted by molar-refractivity contribution is 7.98. The molecule has 1 fully saturated rings. The first-order chi connectivity index (χ1) is 10.2. The van der Waals surface area contributed by atoms with Crippen molar-refractivity contribution in [3.05, 3.63) is 30.2 Å². The Balaban J connectivity index is 1.67. The maximum atomic E-state index is 5.41. The molecule has 0 amide bonds. The number of nitrogens with zero attached hydrogens (tertiary/aromatic N) is 3. The van der Waals surface area contributed by atoms with Crippen LogP contribution in [0.25, 0.3) is 11.4 Å². The summed E-state index contributed by atoms with van der Waals surface area (Å²) in [5, 5.41) is 4.11. The number of aromatic nitrogens is 2. The smallest absolute Gasteiger partial charge is 0.241 e. The molecule has 0 saturated carbocycles. The summed E-state index contributed by atoms with van der Waals surface area (Å²) in [5.41, 5.74) is 1.01. The van der Waals surface area contributed by atoms with Crippen molar-refractivity contribution in [1.82, 2.24) is 15.0 Å². The lowest BCUT2D eigenvalue weighted by Crippen LogP contribution is -2.33. The zero-order valence-corrected chi connectivity index (χ0v) is 13.4. The molecule has 0 radical (unpaired) electrons. The molecule has 4 nitrogen and oxygen atoms in total. The van der Waals surface area contributed by atoms with Gasteiger partial charge in [0.05, 0.1) is 6.54 Å². The van der Waals surface area contributed by atoms with Gasteiger partial charge in [-0.25, -0.2) is 0 Å². The molecule has 1 aliphatic heterocycles. The first-order valence-corrected chi connectivity index (χ1v) is 8.66. The zero-order chi connectivity index (χ0) is 14.7. The maximum Gasteiger partial charge on any atom is 0.241 e. The Morgan fingerprint density at radius 2 is 2.14 bits per heavy atom. The van der Waals surface area contributed by atoms with Gasteiger partial charge < -0.3 is 4.52 Å². The van der Waals surface area contributed by atoms with Crippen LogP contribution in [0.5, 0.6) is 0 Å².